The second-order valence-electron chi connectivity index (χ2n) is 4.95. The van der Waals surface area contributed by atoms with Crippen LogP contribution in [-0.4, -0.2) is 4.98 Å². The van der Waals surface area contributed by atoms with Crippen LogP contribution in [0.5, 0.6) is 0 Å². The van der Waals surface area contributed by atoms with E-state index in [4.69, 9.17) is 4.42 Å². The molecule has 4 rings (SSSR count). The van der Waals surface area contributed by atoms with Crippen molar-refractivity contribution in [1.82, 2.24) is 4.98 Å². The van der Waals surface area contributed by atoms with Gasteiger partial charge in [0.05, 0.1) is 4.70 Å². The molecular formula is C17H11NO2S. The van der Waals surface area contributed by atoms with E-state index in [1.165, 1.54) is 16.9 Å². The Morgan fingerprint density at radius 3 is 2.62 bits per heavy atom. The van der Waals surface area contributed by atoms with Crippen LogP contribution in [0.1, 0.15) is 5.56 Å². The molecule has 4 aromatic rings. The van der Waals surface area contributed by atoms with E-state index in [-0.39, 0.29) is 5.63 Å². The molecule has 0 aliphatic rings. The highest BCUT2D eigenvalue weighted by Gasteiger charge is 2.13. The normalized spacial score (nSPS) is 11.3. The van der Waals surface area contributed by atoms with Gasteiger partial charge >= 0.3 is 5.63 Å². The van der Waals surface area contributed by atoms with Crippen LogP contribution in [0.3, 0.4) is 0 Å². The molecule has 0 radical (unpaired) electrons. The van der Waals surface area contributed by atoms with Gasteiger partial charge in [0.15, 0.2) is 5.52 Å². The fourth-order valence-electron chi connectivity index (χ4n) is 2.35. The molecule has 4 heteroatoms. The van der Waals surface area contributed by atoms with E-state index in [0.29, 0.717) is 11.1 Å². The summed E-state index contributed by atoms with van der Waals surface area (Å²) in [5, 5.41) is 1.77. The van der Waals surface area contributed by atoms with Crippen molar-refractivity contribution in [2.45, 2.75) is 6.92 Å². The van der Waals surface area contributed by atoms with Crippen LogP contribution >= 0.6 is 11.3 Å². The zero-order valence-corrected chi connectivity index (χ0v) is 12.1. The first-order valence-electron chi connectivity index (χ1n) is 6.62. The number of hydrogen-bond donors (Lipinski definition) is 0. The number of hydrogen-bond acceptors (Lipinski definition) is 4. The van der Waals surface area contributed by atoms with Gasteiger partial charge in [-0.25, -0.2) is 9.78 Å². The quantitative estimate of drug-likeness (QED) is 0.489. The first-order valence-corrected chi connectivity index (χ1v) is 7.43. The molecule has 21 heavy (non-hydrogen) atoms. The zero-order valence-electron chi connectivity index (χ0n) is 11.3. The van der Waals surface area contributed by atoms with Crippen molar-refractivity contribution in [3.63, 3.8) is 0 Å². The fourth-order valence-corrected chi connectivity index (χ4v) is 3.44. The molecule has 0 aliphatic heterocycles. The molecule has 0 N–H and O–H groups in total. The number of benzene rings is 2. The topological polar surface area (TPSA) is 43.1 Å². The lowest BCUT2D eigenvalue weighted by Crippen LogP contribution is -1.98. The lowest BCUT2D eigenvalue weighted by atomic mass is 10.2. The van der Waals surface area contributed by atoms with Gasteiger partial charge in [0.1, 0.15) is 10.6 Å². The number of fused-ring (bicyclic) bond motifs is 3. The Bertz CT molecular complexity index is 1010. The van der Waals surface area contributed by atoms with Crippen LogP contribution in [-0.2, 0) is 0 Å². The summed E-state index contributed by atoms with van der Waals surface area (Å²) in [7, 11) is 0. The molecule has 0 aliphatic carbocycles. The van der Waals surface area contributed by atoms with Gasteiger partial charge in [-0.3, -0.25) is 0 Å². The van der Waals surface area contributed by atoms with Crippen molar-refractivity contribution < 1.29 is 4.42 Å². The van der Waals surface area contributed by atoms with Crippen molar-refractivity contribution in [1.29, 1.82) is 0 Å². The Balaban J connectivity index is 2.05. The number of aromatic nitrogens is 1. The van der Waals surface area contributed by atoms with E-state index >= 15 is 0 Å². The second-order valence-corrected chi connectivity index (χ2v) is 5.95. The van der Waals surface area contributed by atoms with E-state index in [2.05, 4.69) is 4.98 Å². The van der Waals surface area contributed by atoms with Crippen LogP contribution < -0.4 is 5.63 Å². The van der Waals surface area contributed by atoms with E-state index in [1.807, 2.05) is 49.4 Å². The first kappa shape index (κ1) is 12.3. The Kier molecular flexibility index (Phi) is 2.65. The van der Waals surface area contributed by atoms with Crippen molar-refractivity contribution in [3.8, 4) is 10.6 Å². The summed E-state index contributed by atoms with van der Waals surface area (Å²) in [4.78, 5) is 16.5. The molecule has 0 unspecified atom stereocenters. The van der Waals surface area contributed by atoms with E-state index in [0.717, 1.165) is 20.7 Å². The van der Waals surface area contributed by atoms with Crippen molar-refractivity contribution >= 4 is 32.5 Å². The largest absolute Gasteiger partial charge is 0.421 e. The van der Waals surface area contributed by atoms with Crippen LogP contribution in [0, 0.1) is 6.92 Å². The molecule has 2 heterocycles. The minimum absolute atomic E-state index is 0.377. The highest BCUT2D eigenvalue weighted by molar-refractivity contribution is 7.22. The predicted octanol–water partition coefficient (Wildman–Crippen LogP) is 4.38. The Morgan fingerprint density at radius 1 is 1.05 bits per heavy atom. The Labute approximate surface area is 124 Å². The van der Waals surface area contributed by atoms with Crippen LogP contribution in [0.15, 0.2) is 57.7 Å². The highest BCUT2D eigenvalue weighted by atomic mass is 32.1. The Hall–Kier alpha value is -2.46. The van der Waals surface area contributed by atoms with Gasteiger partial charge in [0, 0.05) is 10.9 Å². The smallest absolute Gasteiger partial charge is 0.363 e. The molecule has 3 nitrogen and oxygen atoms in total. The molecule has 0 amide bonds. The van der Waals surface area contributed by atoms with Crippen molar-refractivity contribution in [3.05, 3.63) is 64.5 Å². The van der Waals surface area contributed by atoms with Gasteiger partial charge in [0.25, 0.3) is 0 Å². The van der Waals surface area contributed by atoms with Crippen LogP contribution in [0.2, 0.25) is 0 Å². The van der Waals surface area contributed by atoms with Gasteiger partial charge in [-0.05, 0) is 19.1 Å². The predicted molar refractivity (Wildman–Crippen MR) is 85.8 cm³/mol. The molecule has 2 aromatic heterocycles. The maximum absolute atomic E-state index is 12.1. The molecule has 0 spiro atoms. The molecule has 102 valence electrons. The molecule has 0 saturated heterocycles. The summed E-state index contributed by atoms with van der Waals surface area (Å²) in [6.07, 6.45) is 0. The van der Waals surface area contributed by atoms with E-state index < -0.39 is 0 Å². The summed E-state index contributed by atoms with van der Waals surface area (Å²) in [6.45, 7) is 2.05. The molecule has 0 atom stereocenters. The number of thiazole rings is 1. The lowest BCUT2D eigenvalue weighted by Gasteiger charge is -1.96. The van der Waals surface area contributed by atoms with Gasteiger partial charge in [-0.2, -0.15) is 0 Å². The van der Waals surface area contributed by atoms with E-state index in [1.54, 1.807) is 6.07 Å². The summed E-state index contributed by atoms with van der Waals surface area (Å²) < 4.78 is 6.22. The summed E-state index contributed by atoms with van der Waals surface area (Å²) in [5.74, 6) is 0. The standard InChI is InChI=1S/C17H11NO2S/c1-10-6-8-11(9-7-10)16-18-14-15(21-16)12-4-2-3-5-13(12)20-17(14)19/h2-9H,1H3. The maximum Gasteiger partial charge on any atom is 0.363 e. The minimum atomic E-state index is -0.377. The van der Waals surface area contributed by atoms with Gasteiger partial charge in [0.2, 0.25) is 0 Å². The average molecular weight is 293 g/mol. The third kappa shape index (κ3) is 1.96. The molecule has 0 bridgehead atoms. The summed E-state index contributed by atoms with van der Waals surface area (Å²) >= 11 is 1.53. The minimum Gasteiger partial charge on any atom is -0.421 e. The SMILES string of the molecule is Cc1ccc(-c2nc3c(=O)oc4ccccc4c3s2)cc1. The average Bonchev–Trinajstić information content (AvgIpc) is 2.94. The second kappa shape index (κ2) is 4.53. The Morgan fingerprint density at radius 2 is 1.81 bits per heavy atom. The number of para-hydroxylation sites is 1. The summed E-state index contributed by atoms with van der Waals surface area (Å²) in [6, 6.07) is 15.7. The number of rotatable bonds is 1. The van der Waals surface area contributed by atoms with Crippen molar-refractivity contribution in [2.24, 2.45) is 0 Å². The molecule has 2 aromatic carbocycles. The van der Waals surface area contributed by atoms with Crippen LogP contribution in [0.4, 0.5) is 0 Å². The molecular weight excluding hydrogens is 282 g/mol. The van der Waals surface area contributed by atoms with Crippen LogP contribution in [0.25, 0.3) is 31.8 Å². The fraction of sp³-hybridized carbons (Fsp3) is 0.0588. The third-order valence-electron chi connectivity index (χ3n) is 3.45. The van der Waals surface area contributed by atoms with Gasteiger partial charge < -0.3 is 4.42 Å². The molecule has 0 saturated carbocycles. The zero-order chi connectivity index (χ0) is 14.4. The monoisotopic (exact) mass is 293 g/mol. The van der Waals surface area contributed by atoms with Gasteiger partial charge in [-0.1, -0.05) is 42.0 Å². The van der Waals surface area contributed by atoms with Gasteiger partial charge in [-0.15, -0.1) is 11.3 Å². The summed E-state index contributed by atoms with van der Waals surface area (Å²) in [5.41, 5.74) is 2.86. The first-order chi connectivity index (χ1) is 10.2. The highest BCUT2D eigenvalue weighted by Crippen LogP contribution is 2.33. The maximum atomic E-state index is 12.1. The van der Waals surface area contributed by atoms with E-state index in [9.17, 15) is 4.79 Å². The molecule has 0 fully saturated rings. The third-order valence-corrected chi connectivity index (χ3v) is 4.59. The number of nitrogens with zero attached hydrogens (tertiary/aromatic N) is 1. The number of aryl methyl sites for hydroxylation is 1. The lowest BCUT2D eigenvalue weighted by molar-refractivity contribution is 0.568. The van der Waals surface area contributed by atoms with Crippen molar-refractivity contribution in [2.75, 3.05) is 0 Å².